The molecule has 1 saturated heterocycles. The molecule has 1 aliphatic rings. The van der Waals surface area contributed by atoms with E-state index in [1.807, 2.05) is 4.90 Å². The van der Waals surface area contributed by atoms with Gasteiger partial charge in [0.2, 0.25) is 11.8 Å². The average Bonchev–Trinajstić information content (AvgIpc) is 2.89. The maximum absolute atomic E-state index is 11.8. The molecule has 0 aromatic heterocycles. The van der Waals surface area contributed by atoms with E-state index in [4.69, 9.17) is 0 Å². The highest BCUT2D eigenvalue weighted by Gasteiger charge is 2.19. The van der Waals surface area contributed by atoms with Crippen molar-refractivity contribution >= 4 is 11.8 Å². The number of hydrogen-bond acceptors (Lipinski definition) is 3. The monoisotopic (exact) mass is 255 g/mol. The Kier molecular flexibility index (Phi) is 6.72. The largest absolute Gasteiger partial charge is 0.355 e. The van der Waals surface area contributed by atoms with Gasteiger partial charge in [-0.15, -0.1) is 0 Å². The SMILES string of the molecule is CCCCNC(=O)C(C)NCC(=O)N1CCCC1. The van der Waals surface area contributed by atoms with Gasteiger partial charge in [0.05, 0.1) is 12.6 Å². The lowest BCUT2D eigenvalue weighted by molar-refractivity contribution is -0.129. The minimum atomic E-state index is -0.312. The van der Waals surface area contributed by atoms with Gasteiger partial charge in [0.1, 0.15) is 0 Å². The number of nitrogens with zero attached hydrogens (tertiary/aromatic N) is 1. The molecule has 2 N–H and O–H groups in total. The first-order chi connectivity index (χ1) is 8.65. The topological polar surface area (TPSA) is 61.4 Å². The van der Waals surface area contributed by atoms with E-state index in [0.717, 1.165) is 38.8 Å². The maximum atomic E-state index is 11.8. The van der Waals surface area contributed by atoms with Crippen LogP contribution in [-0.2, 0) is 9.59 Å². The fraction of sp³-hybridized carbons (Fsp3) is 0.846. The zero-order valence-corrected chi connectivity index (χ0v) is 11.5. The van der Waals surface area contributed by atoms with Gasteiger partial charge in [-0.1, -0.05) is 13.3 Å². The molecule has 18 heavy (non-hydrogen) atoms. The Labute approximate surface area is 109 Å². The second-order valence-electron chi connectivity index (χ2n) is 4.84. The Bertz CT molecular complexity index is 275. The number of likely N-dealkylation sites (tertiary alicyclic amines) is 1. The molecule has 1 unspecified atom stereocenters. The van der Waals surface area contributed by atoms with Crippen molar-refractivity contribution < 1.29 is 9.59 Å². The van der Waals surface area contributed by atoms with Crippen LogP contribution in [0.1, 0.15) is 39.5 Å². The summed E-state index contributed by atoms with van der Waals surface area (Å²) in [5.41, 5.74) is 0. The second kappa shape index (κ2) is 8.08. The first-order valence-corrected chi connectivity index (χ1v) is 6.94. The van der Waals surface area contributed by atoms with Gasteiger partial charge in [0.25, 0.3) is 0 Å². The van der Waals surface area contributed by atoms with E-state index in [-0.39, 0.29) is 24.4 Å². The smallest absolute Gasteiger partial charge is 0.236 e. The van der Waals surface area contributed by atoms with E-state index in [2.05, 4.69) is 17.6 Å². The highest BCUT2D eigenvalue weighted by Crippen LogP contribution is 2.06. The minimum absolute atomic E-state index is 0.0299. The first-order valence-electron chi connectivity index (χ1n) is 6.94. The summed E-state index contributed by atoms with van der Waals surface area (Å²) < 4.78 is 0. The van der Waals surface area contributed by atoms with Crippen molar-refractivity contribution in [3.05, 3.63) is 0 Å². The van der Waals surface area contributed by atoms with Gasteiger partial charge in [0.15, 0.2) is 0 Å². The number of hydrogen-bond donors (Lipinski definition) is 2. The summed E-state index contributed by atoms with van der Waals surface area (Å²) >= 11 is 0. The summed E-state index contributed by atoms with van der Waals surface area (Å²) in [6, 6.07) is -0.312. The van der Waals surface area contributed by atoms with E-state index >= 15 is 0 Å². The summed E-state index contributed by atoms with van der Waals surface area (Å²) in [5, 5.41) is 5.83. The number of carbonyl (C=O) groups excluding carboxylic acids is 2. The van der Waals surface area contributed by atoms with Gasteiger partial charge in [-0.2, -0.15) is 0 Å². The standard InChI is InChI=1S/C13H25N3O2/c1-3-4-7-14-13(18)11(2)15-10-12(17)16-8-5-6-9-16/h11,15H,3-10H2,1-2H3,(H,14,18). The van der Waals surface area contributed by atoms with Crippen LogP contribution in [0.15, 0.2) is 0 Å². The molecular weight excluding hydrogens is 230 g/mol. The Morgan fingerprint density at radius 1 is 1.28 bits per heavy atom. The molecular formula is C13H25N3O2. The summed E-state index contributed by atoms with van der Waals surface area (Å²) in [7, 11) is 0. The molecule has 2 amide bonds. The van der Waals surface area contributed by atoms with Crippen LogP contribution in [0.3, 0.4) is 0 Å². The fourth-order valence-electron chi connectivity index (χ4n) is 1.95. The Balaban J connectivity index is 2.16. The van der Waals surface area contributed by atoms with Gasteiger partial charge >= 0.3 is 0 Å². The number of carbonyl (C=O) groups is 2. The van der Waals surface area contributed by atoms with Gasteiger partial charge in [-0.05, 0) is 26.2 Å². The third-order valence-corrected chi connectivity index (χ3v) is 3.24. The normalized spacial score (nSPS) is 16.7. The van der Waals surface area contributed by atoms with E-state index in [1.54, 1.807) is 6.92 Å². The van der Waals surface area contributed by atoms with Crippen LogP contribution in [-0.4, -0.2) is 48.9 Å². The van der Waals surface area contributed by atoms with Crippen LogP contribution < -0.4 is 10.6 Å². The highest BCUT2D eigenvalue weighted by molar-refractivity contribution is 5.83. The number of unbranched alkanes of at least 4 members (excludes halogenated alkanes) is 1. The summed E-state index contributed by atoms with van der Waals surface area (Å²) in [4.78, 5) is 25.3. The summed E-state index contributed by atoms with van der Waals surface area (Å²) in [5.74, 6) is 0.0679. The van der Waals surface area contributed by atoms with Crippen molar-refractivity contribution in [1.82, 2.24) is 15.5 Å². The van der Waals surface area contributed by atoms with Crippen molar-refractivity contribution in [2.75, 3.05) is 26.2 Å². The average molecular weight is 255 g/mol. The molecule has 0 aliphatic carbocycles. The molecule has 0 aromatic rings. The summed E-state index contributed by atoms with van der Waals surface area (Å²) in [6.45, 7) is 6.56. The van der Waals surface area contributed by atoms with Crippen LogP contribution in [0.5, 0.6) is 0 Å². The molecule has 1 atom stereocenters. The van der Waals surface area contributed by atoms with Crippen LogP contribution in [0.4, 0.5) is 0 Å². The van der Waals surface area contributed by atoms with Crippen molar-refractivity contribution in [1.29, 1.82) is 0 Å². The molecule has 1 heterocycles. The predicted molar refractivity (Wildman–Crippen MR) is 71.2 cm³/mol. The van der Waals surface area contributed by atoms with Crippen molar-refractivity contribution in [3.8, 4) is 0 Å². The third-order valence-electron chi connectivity index (χ3n) is 3.24. The quantitative estimate of drug-likeness (QED) is 0.651. The zero-order chi connectivity index (χ0) is 13.4. The molecule has 1 fully saturated rings. The predicted octanol–water partition coefficient (Wildman–Crippen LogP) is 0.503. The van der Waals surface area contributed by atoms with E-state index in [9.17, 15) is 9.59 Å². The molecule has 0 saturated carbocycles. The van der Waals surface area contributed by atoms with Crippen molar-refractivity contribution in [2.24, 2.45) is 0 Å². The van der Waals surface area contributed by atoms with Gasteiger partial charge < -0.3 is 10.2 Å². The third kappa shape index (κ3) is 5.04. The van der Waals surface area contributed by atoms with Gasteiger partial charge in [0, 0.05) is 19.6 Å². The van der Waals surface area contributed by atoms with Crippen LogP contribution in [0.2, 0.25) is 0 Å². The van der Waals surface area contributed by atoms with Crippen LogP contribution in [0.25, 0.3) is 0 Å². The van der Waals surface area contributed by atoms with E-state index in [0.29, 0.717) is 6.54 Å². The van der Waals surface area contributed by atoms with Crippen molar-refractivity contribution in [3.63, 3.8) is 0 Å². The fourth-order valence-corrected chi connectivity index (χ4v) is 1.95. The molecule has 0 spiro atoms. The summed E-state index contributed by atoms with van der Waals surface area (Å²) in [6.07, 6.45) is 4.25. The molecule has 0 radical (unpaired) electrons. The van der Waals surface area contributed by atoms with Crippen molar-refractivity contribution in [2.45, 2.75) is 45.6 Å². The molecule has 1 rings (SSSR count). The van der Waals surface area contributed by atoms with Gasteiger partial charge in [-0.3, -0.25) is 14.9 Å². The molecule has 5 heteroatoms. The number of rotatable bonds is 7. The molecule has 104 valence electrons. The molecule has 0 aromatic carbocycles. The van der Waals surface area contributed by atoms with E-state index in [1.165, 1.54) is 0 Å². The Hall–Kier alpha value is -1.10. The second-order valence-corrected chi connectivity index (χ2v) is 4.84. The lowest BCUT2D eigenvalue weighted by Crippen LogP contribution is -2.46. The highest BCUT2D eigenvalue weighted by atomic mass is 16.2. The van der Waals surface area contributed by atoms with E-state index < -0.39 is 0 Å². The number of amides is 2. The molecule has 5 nitrogen and oxygen atoms in total. The first kappa shape index (κ1) is 15.0. The Morgan fingerprint density at radius 3 is 2.56 bits per heavy atom. The minimum Gasteiger partial charge on any atom is -0.355 e. The van der Waals surface area contributed by atoms with Gasteiger partial charge in [-0.25, -0.2) is 0 Å². The maximum Gasteiger partial charge on any atom is 0.236 e. The van der Waals surface area contributed by atoms with Crippen LogP contribution >= 0.6 is 0 Å². The zero-order valence-electron chi connectivity index (χ0n) is 11.5. The molecule has 1 aliphatic heterocycles. The number of nitrogens with one attached hydrogen (secondary N) is 2. The lowest BCUT2D eigenvalue weighted by Gasteiger charge is -2.18. The Morgan fingerprint density at radius 2 is 1.94 bits per heavy atom. The van der Waals surface area contributed by atoms with Crippen LogP contribution in [0, 0.1) is 0 Å². The lowest BCUT2D eigenvalue weighted by atomic mass is 10.3. The molecule has 0 bridgehead atoms.